The van der Waals surface area contributed by atoms with E-state index in [1.807, 2.05) is 0 Å². The minimum absolute atomic E-state index is 0.0394. The van der Waals surface area contributed by atoms with E-state index in [2.05, 4.69) is 11.8 Å². The molecule has 0 unspecified atom stereocenters. The lowest BCUT2D eigenvalue weighted by Crippen LogP contribution is -2.34. The van der Waals surface area contributed by atoms with Gasteiger partial charge in [0.1, 0.15) is 0 Å². The molecule has 0 spiro atoms. The second kappa shape index (κ2) is 3.35. The second-order valence-electron chi connectivity index (χ2n) is 4.64. The van der Waals surface area contributed by atoms with Crippen molar-refractivity contribution in [3.05, 3.63) is 0 Å². The number of aliphatic hydroxyl groups is 1. The average molecular weight is 169 g/mol. The van der Waals surface area contributed by atoms with Gasteiger partial charge in [-0.05, 0) is 31.1 Å². The minimum atomic E-state index is -0.0394. The van der Waals surface area contributed by atoms with Gasteiger partial charge >= 0.3 is 0 Å². The highest BCUT2D eigenvalue weighted by Crippen LogP contribution is 2.34. The first-order valence-electron chi connectivity index (χ1n) is 5.14. The molecule has 2 heteroatoms. The number of nitrogens with zero attached hydrogens (tertiary/aromatic N) is 1. The first-order chi connectivity index (χ1) is 5.74. The summed E-state index contributed by atoms with van der Waals surface area (Å²) in [7, 11) is 0. The maximum absolute atomic E-state index is 9.31. The molecule has 0 aromatic heterocycles. The zero-order valence-electron chi connectivity index (χ0n) is 7.87. The van der Waals surface area contributed by atoms with E-state index in [1.54, 1.807) is 0 Å². The van der Waals surface area contributed by atoms with Gasteiger partial charge in [-0.2, -0.15) is 0 Å². The molecule has 12 heavy (non-hydrogen) atoms. The lowest BCUT2D eigenvalue weighted by molar-refractivity contribution is 0.130. The Morgan fingerprint density at radius 3 is 2.67 bits per heavy atom. The summed E-state index contributed by atoms with van der Waals surface area (Å²) in [5, 5.41) is 9.31. The molecular formula is C10H19NO. The van der Waals surface area contributed by atoms with Gasteiger partial charge in [-0.1, -0.05) is 6.92 Å². The molecule has 1 aliphatic carbocycles. The molecule has 1 heterocycles. The van der Waals surface area contributed by atoms with Crippen LogP contribution in [-0.2, 0) is 0 Å². The van der Waals surface area contributed by atoms with Crippen LogP contribution >= 0.6 is 0 Å². The Hall–Kier alpha value is -0.0800. The molecule has 2 fully saturated rings. The van der Waals surface area contributed by atoms with Crippen molar-refractivity contribution in [2.75, 3.05) is 19.6 Å². The molecule has 2 aliphatic rings. The third-order valence-corrected chi connectivity index (χ3v) is 3.24. The fourth-order valence-corrected chi connectivity index (χ4v) is 2.56. The van der Waals surface area contributed by atoms with Gasteiger partial charge in [-0.3, -0.25) is 0 Å². The van der Waals surface area contributed by atoms with Gasteiger partial charge in [0.2, 0.25) is 0 Å². The van der Waals surface area contributed by atoms with E-state index < -0.39 is 0 Å². The van der Waals surface area contributed by atoms with Crippen LogP contribution in [-0.4, -0.2) is 35.7 Å². The monoisotopic (exact) mass is 169 g/mol. The van der Waals surface area contributed by atoms with Crippen LogP contribution < -0.4 is 0 Å². The van der Waals surface area contributed by atoms with E-state index >= 15 is 0 Å². The molecule has 1 atom stereocenters. The Kier molecular flexibility index (Phi) is 2.37. The van der Waals surface area contributed by atoms with Crippen molar-refractivity contribution in [3.63, 3.8) is 0 Å². The van der Waals surface area contributed by atoms with Crippen LogP contribution in [0.4, 0.5) is 0 Å². The first-order valence-corrected chi connectivity index (χ1v) is 5.14. The van der Waals surface area contributed by atoms with Gasteiger partial charge in [0, 0.05) is 19.6 Å². The van der Waals surface area contributed by atoms with Crippen molar-refractivity contribution in [1.82, 2.24) is 4.90 Å². The summed E-state index contributed by atoms with van der Waals surface area (Å²) in [5.74, 6) is 1.90. The highest BCUT2D eigenvalue weighted by molar-refractivity contribution is 4.82. The van der Waals surface area contributed by atoms with Crippen LogP contribution in [0, 0.1) is 11.8 Å². The van der Waals surface area contributed by atoms with Crippen LogP contribution in [0.15, 0.2) is 0 Å². The number of aliphatic hydroxyl groups excluding tert-OH is 1. The molecule has 0 bridgehead atoms. The summed E-state index contributed by atoms with van der Waals surface area (Å²) in [6, 6.07) is 0. The predicted molar refractivity (Wildman–Crippen MR) is 49.0 cm³/mol. The zero-order valence-corrected chi connectivity index (χ0v) is 7.87. The quantitative estimate of drug-likeness (QED) is 0.669. The van der Waals surface area contributed by atoms with E-state index in [9.17, 15) is 5.11 Å². The van der Waals surface area contributed by atoms with E-state index in [4.69, 9.17) is 0 Å². The van der Waals surface area contributed by atoms with Gasteiger partial charge in [-0.25, -0.2) is 0 Å². The molecule has 1 saturated heterocycles. The number of hydrogen-bond acceptors (Lipinski definition) is 2. The average Bonchev–Trinajstić information content (AvgIpc) is 2.33. The normalized spacial score (nSPS) is 43.0. The van der Waals surface area contributed by atoms with Crippen molar-refractivity contribution in [3.8, 4) is 0 Å². The molecule has 2 rings (SSSR count). The maximum Gasteiger partial charge on any atom is 0.0679 e. The highest BCUT2D eigenvalue weighted by Gasteiger charge is 2.29. The van der Waals surface area contributed by atoms with Crippen molar-refractivity contribution in [2.24, 2.45) is 11.8 Å². The van der Waals surface area contributed by atoms with Gasteiger partial charge in [0.05, 0.1) is 6.10 Å². The van der Waals surface area contributed by atoms with Gasteiger partial charge in [0.15, 0.2) is 0 Å². The Labute approximate surface area is 74.6 Å². The molecule has 70 valence electrons. The second-order valence-corrected chi connectivity index (χ2v) is 4.64. The number of hydrogen-bond donors (Lipinski definition) is 1. The highest BCUT2D eigenvalue weighted by atomic mass is 16.3. The van der Waals surface area contributed by atoms with Crippen LogP contribution in [0.3, 0.4) is 0 Å². The first kappa shape index (κ1) is 8.52. The minimum Gasteiger partial charge on any atom is -0.392 e. The summed E-state index contributed by atoms with van der Waals surface area (Å²) >= 11 is 0. The summed E-state index contributed by atoms with van der Waals surface area (Å²) in [6.45, 7) is 5.60. The van der Waals surface area contributed by atoms with Crippen LogP contribution in [0.25, 0.3) is 0 Å². The van der Waals surface area contributed by atoms with E-state index in [0.717, 1.165) is 31.3 Å². The molecule has 0 aromatic rings. The van der Waals surface area contributed by atoms with Gasteiger partial charge in [0.25, 0.3) is 0 Å². The van der Waals surface area contributed by atoms with Crippen molar-refractivity contribution >= 4 is 0 Å². The summed E-state index contributed by atoms with van der Waals surface area (Å²) in [4.78, 5) is 2.42. The Morgan fingerprint density at radius 1 is 1.42 bits per heavy atom. The fourth-order valence-electron chi connectivity index (χ4n) is 2.56. The van der Waals surface area contributed by atoms with Crippen molar-refractivity contribution in [1.29, 1.82) is 0 Å². The Balaban J connectivity index is 1.67. The van der Waals surface area contributed by atoms with Crippen molar-refractivity contribution in [2.45, 2.75) is 32.3 Å². The SMILES string of the molecule is CC1CC(CN2CC[C@H](O)C2)C1. The van der Waals surface area contributed by atoms with Gasteiger partial charge < -0.3 is 10.0 Å². The summed E-state index contributed by atoms with van der Waals surface area (Å²) in [5.41, 5.74) is 0. The largest absolute Gasteiger partial charge is 0.392 e. The van der Waals surface area contributed by atoms with Crippen LogP contribution in [0.2, 0.25) is 0 Å². The topological polar surface area (TPSA) is 23.5 Å². The Bertz CT molecular complexity index is 154. The standard InChI is InChI=1S/C10H19NO/c1-8-4-9(5-8)6-11-3-2-10(12)7-11/h8-10,12H,2-7H2,1H3/t8?,9?,10-/m0/s1. The molecule has 0 amide bonds. The molecule has 1 aliphatic heterocycles. The molecule has 2 nitrogen and oxygen atoms in total. The van der Waals surface area contributed by atoms with Gasteiger partial charge in [-0.15, -0.1) is 0 Å². The number of rotatable bonds is 2. The third-order valence-electron chi connectivity index (χ3n) is 3.24. The maximum atomic E-state index is 9.31. The van der Waals surface area contributed by atoms with E-state index in [1.165, 1.54) is 19.4 Å². The molecule has 1 N–H and O–H groups in total. The predicted octanol–water partition coefficient (Wildman–Crippen LogP) is 1.10. The third kappa shape index (κ3) is 1.80. The lowest BCUT2D eigenvalue weighted by atomic mass is 9.76. The molecule has 1 saturated carbocycles. The summed E-state index contributed by atoms with van der Waals surface area (Å²) < 4.78 is 0. The summed E-state index contributed by atoms with van der Waals surface area (Å²) in [6.07, 6.45) is 3.77. The number of likely N-dealkylation sites (tertiary alicyclic amines) is 1. The molecule has 0 aromatic carbocycles. The van der Waals surface area contributed by atoms with Crippen molar-refractivity contribution < 1.29 is 5.11 Å². The zero-order chi connectivity index (χ0) is 8.55. The smallest absolute Gasteiger partial charge is 0.0679 e. The van der Waals surface area contributed by atoms with Crippen LogP contribution in [0.5, 0.6) is 0 Å². The molecular weight excluding hydrogens is 150 g/mol. The van der Waals surface area contributed by atoms with Crippen LogP contribution in [0.1, 0.15) is 26.2 Å². The molecule has 0 radical (unpaired) electrons. The lowest BCUT2D eigenvalue weighted by Gasteiger charge is -2.35. The van der Waals surface area contributed by atoms with E-state index in [-0.39, 0.29) is 6.10 Å². The van der Waals surface area contributed by atoms with E-state index in [0.29, 0.717) is 0 Å². The Morgan fingerprint density at radius 2 is 2.17 bits per heavy atom. The number of β-amino-alcohol motifs (C(OH)–C–C–N with tert-alkyl or cyclic N) is 1. The fraction of sp³-hybridized carbons (Fsp3) is 1.00.